The predicted octanol–water partition coefficient (Wildman–Crippen LogP) is 4.36. The Morgan fingerprint density at radius 2 is 1.61 bits per heavy atom. The molecule has 0 aliphatic heterocycles. The third-order valence-corrected chi connectivity index (χ3v) is 5.81. The summed E-state index contributed by atoms with van der Waals surface area (Å²) in [5, 5.41) is 13.3. The fourth-order valence-corrected chi connectivity index (χ4v) is 4.06. The molecule has 0 saturated carbocycles. The number of esters is 3. The molecule has 0 bridgehead atoms. The molecule has 0 spiro atoms. The molecule has 0 saturated heterocycles. The Bertz CT molecular complexity index is 1110. The van der Waals surface area contributed by atoms with E-state index < -0.39 is 35.7 Å². The number of ether oxygens (including phenoxy) is 4. The van der Waals surface area contributed by atoms with Gasteiger partial charge in [0.1, 0.15) is 18.5 Å². The molecule has 36 heavy (non-hydrogen) atoms. The number of hydrogen-bond donors (Lipinski definition) is 1. The molecule has 3 rings (SSSR count). The Balaban J connectivity index is 1.94. The van der Waals surface area contributed by atoms with Crippen LogP contribution in [-0.4, -0.2) is 47.4 Å². The zero-order valence-electron chi connectivity index (χ0n) is 21.0. The molecule has 0 aromatic heterocycles. The van der Waals surface area contributed by atoms with Crippen molar-refractivity contribution in [2.75, 3.05) is 6.61 Å². The molecule has 0 unspecified atom stereocenters. The van der Waals surface area contributed by atoms with Crippen LogP contribution in [0.3, 0.4) is 0 Å². The Morgan fingerprint density at radius 3 is 2.28 bits per heavy atom. The first-order chi connectivity index (χ1) is 17.3. The van der Waals surface area contributed by atoms with Crippen molar-refractivity contribution < 1.29 is 38.4 Å². The first kappa shape index (κ1) is 27.2. The number of benzene rings is 2. The summed E-state index contributed by atoms with van der Waals surface area (Å²) in [5.74, 6) is -1.89. The molecule has 0 heterocycles. The van der Waals surface area contributed by atoms with Gasteiger partial charge >= 0.3 is 17.9 Å². The van der Waals surface area contributed by atoms with E-state index in [1.54, 1.807) is 6.92 Å². The summed E-state index contributed by atoms with van der Waals surface area (Å²) in [7, 11) is 0. The molecule has 1 N–H and O–H groups in total. The van der Waals surface area contributed by atoms with Crippen molar-refractivity contribution in [3.05, 3.63) is 59.9 Å². The maximum atomic E-state index is 12.7. The van der Waals surface area contributed by atoms with Gasteiger partial charge in [0.2, 0.25) is 0 Å². The van der Waals surface area contributed by atoms with Crippen LogP contribution in [0, 0.1) is 0 Å². The first-order valence-corrected chi connectivity index (χ1v) is 12.4. The molecule has 0 radical (unpaired) electrons. The largest absolute Gasteiger partial charge is 0.489 e. The van der Waals surface area contributed by atoms with Crippen LogP contribution in [0.4, 0.5) is 0 Å². The fraction of sp³-hybridized carbons (Fsp3) is 0.464. The molecule has 2 aromatic rings. The minimum Gasteiger partial charge on any atom is -0.489 e. The molecule has 194 valence electrons. The summed E-state index contributed by atoms with van der Waals surface area (Å²) in [6.07, 6.45) is 0.0579. The van der Waals surface area contributed by atoms with Crippen LogP contribution in [0.25, 0.3) is 10.8 Å². The van der Waals surface area contributed by atoms with E-state index in [0.29, 0.717) is 12.8 Å². The molecule has 3 atom stereocenters. The van der Waals surface area contributed by atoms with Crippen molar-refractivity contribution >= 4 is 28.7 Å². The van der Waals surface area contributed by atoms with Gasteiger partial charge in [-0.15, -0.1) is 0 Å². The Morgan fingerprint density at radius 1 is 0.944 bits per heavy atom. The van der Waals surface area contributed by atoms with Gasteiger partial charge in [0.15, 0.2) is 11.7 Å². The van der Waals surface area contributed by atoms with Crippen molar-refractivity contribution in [3.8, 4) is 0 Å². The zero-order valence-corrected chi connectivity index (χ0v) is 21.0. The lowest BCUT2D eigenvalue weighted by atomic mass is 9.86. The second-order valence-electron chi connectivity index (χ2n) is 8.80. The Labute approximate surface area is 211 Å². The lowest BCUT2D eigenvalue weighted by Crippen LogP contribution is -2.51. The van der Waals surface area contributed by atoms with Crippen molar-refractivity contribution in [3.63, 3.8) is 0 Å². The van der Waals surface area contributed by atoms with Gasteiger partial charge in [-0.2, -0.15) is 0 Å². The molecule has 8 heteroatoms. The van der Waals surface area contributed by atoms with E-state index in [0.717, 1.165) is 16.3 Å². The molecular weight excluding hydrogens is 464 g/mol. The standard InChI is InChI=1S/C28H34O8/c1-4-9-24(29)35-23-17-28(32,27(31)33-6-3)16-22(26(23)36-25(30)10-5-2)34-18-19-13-14-20-11-7-8-12-21(20)15-19/h7-8,11-16,23,26,32H,4-6,9-10,17-18H2,1-3H3/t23-,26-,28+/m1/s1. The first-order valence-electron chi connectivity index (χ1n) is 12.4. The summed E-state index contributed by atoms with van der Waals surface area (Å²) >= 11 is 0. The molecule has 0 fully saturated rings. The van der Waals surface area contributed by atoms with E-state index >= 15 is 0 Å². The number of carbonyl (C=O) groups is 3. The van der Waals surface area contributed by atoms with Crippen molar-refractivity contribution in [2.24, 2.45) is 0 Å². The highest BCUT2D eigenvalue weighted by Crippen LogP contribution is 2.34. The van der Waals surface area contributed by atoms with Gasteiger partial charge in [-0.05, 0) is 42.2 Å². The fourth-order valence-electron chi connectivity index (χ4n) is 4.06. The van der Waals surface area contributed by atoms with Crippen LogP contribution in [-0.2, 0) is 39.9 Å². The van der Waals surface area contributed by atoms with Gasteiger partial charge in [-0.3, -0.25) is 9.59 Å². The smallest absolute Gasteiger partial charge is 0.342 e. The van der Waals surface area contributed by atoms with Gasteiger partial charge in [-0.1, -0.05) is 50.2 Å². The summed E-state index contributed by atoms with van der Waals surface area (Å²) in [4.78, 5) is 37.5. The highest BCUT2D eigenvalue weighted by molar-refractivity contribution is 5.83. The van der Waals surface area contributed by atoms with Crippen LogP contribution in [0.2, 0.25) is 0 Å². The lowest BCUT2D eigenvalue weighted by Gasteiger charge is -2.37. The third-order valence-electron chi connectivity index (χ3n) is 5.81. The van der Waals surface area contributed by atoms with Gasteiger partial charge in [0.05, 0.1) is 6.61 Å². The zero-order chi connectivity index (χ0) is 26.1. The van der Waals surface area contributed by atoms with Gasteiger partial charge in [-0.25, -0.2) is 4.79 Å². The predicted molar refractivity (Wildman–Crippen MR) is 133 cm³/mol. The van der Waals surface area contributed by atoms with Crippen molar-refractivity contribution in [1.29, 1.82) is 0 Å². The SMILES string of the molecule is CCCC(=O)O[C@@H]1C(OCc2ccc3ccccc3c2)=C[C@@](O)(C(=O)OCC)C[C@H]1OC(=O)CCC. The normalized spacial score (nSPS) is 21.4. The topological polar surface area (TPSA) is 108 Å². The number of carbonyl (C=O) groups excluding carboxylic acids is 3. The van der Waals surface area contributed by atoms with Crippen molar-refractivity contribution in [1.82, 2.24) is 0 Å². The second-order valence-corrected chi connectivity index (χ2v) is 8.80. The van der Waals surface area contributed by atoms with Gasteiger partial charge in [0.25, 0.3) is 0 Å². The van der Waals surface area contributed by atoms with Crippen molar-refractivity contribution in [2.45, 2.75) is 77.3 Å². The molecule has 8 nitrogen and oxygen atoms in total. The van der Waals surface area contributed by atoms with Gasteiger partial charge in [0, 0.05) is 25.3 Å². The minimum atomic E-state index is -2.11. The summed E-state index contributed by atoms with van der Waals surface area (Å²) < 4.78 is 22.3. The number of fused-ring (bicyclic) bond motifs is 1. The number of rotatable bonds is 11. The monoisotopic (exact) mass is 498 g/mol. The maximum Gasteiger partial charge on any atom is 0.342 e. The average Bonchev–Trinajstić information content (AvgIpc) is 2.85. The number of hydrogen-bond acceptors (Lipinski definition) is 8. The molecule has 1 aliphatic carbocycles. The van der Waals surface area contributed by atoms with E-state index in [-0.39, 0.29) is 38.2 Å². The van der Waals surface area contributed by atoms with Crippen LogP contribution < -0.4 is 0 Å². The third kappa shape index (κ3) is 6.85. The van der Waals surface area contributed by atoms with E-state index in [9.17, 15) is 19.5 Å². The van der Waals surface area contributed by atoms with Crippen LogP contribution in [0.15, 0.2) is 54.3 Å². The summed E-state index contributed by atoms with van der Waals surface area (Å²) in [5.41, 5.74) is -1.28. The molecular formula is C28H34O8. The Kier molecular flexibility index (Phi) is 9.47. The maximum absolute atomic E-state index is 12.7. The van der Waals surface area contributed by atoms with Crippen LogP contribution in [0.1, 0.15) is 58.4 Å². The Hall–Kier alpha value is -3.39. The highest BCUT2D eigenvalue weighted by atomic mass is 16.6. The van der Waals surface area contributed by atoms with E-state index in [4.69, 9.17) is 18.9 Å². The highest BCUT2D eigenvalue weighted by Gasteiger charge is 2.49. The second kappa shape index (κ2) is 12.5. The molecule has 1 aliphatic rings. The van der Waals surface area contributed by atoms with Gasteiger partial charge < -0.3 is 24.1 Å². The summed E-state index contributed by atoms with van der Waals surface area (Å²) in [6.45, 7) is 5.42. The minimum absolute atomic E-state index is 0.0312. The lowest BCUT2D eigenvalue weighted by molar-refractivity contribution is -0.182. The number of aliphatic hydroxyl groups is 1. The average molecular weight is 499 g/mol. The molecule has 0 amide bonds. The van der Waals surface area contributed by atoms with Crippen LogP contribution >= 0.6 is 0 Å². The summed E-state index contributed by atoms with van der Waals surface area (Å²) in [6, 6.07) is 13.7. The van der Waals surface area contributed by atoms with E-state index in [1.165, 1.54) is 6.08 Å². The van der Waals surface area contributed by atoms with E-state index in [2.05, 4.69) is 0 Å². The van der Waals surface area contributed by atoms with Crippen LogP contribution in [0.5, 0.6) is 0 Å². The molecule has 2 aromatic carbocycles. The quantitative estimate of drug-likeness (QED) is 0.360. The van der Waals surface area contributed by atoms with E-state index in [1.807, 2.05) is 56.3 Å².